The van der Waals surface area contributed by atoms with E-state index >= 15 is 0 Å². The molecule has 3 aromatic rings. The lowest BCUT2D eigenvalue weighted by Gasteiger charge is -2.27. The quantitative estimate of drug-likeness (QED) is 0.628. The average molecular weight is 425 g/mol. The summed E-state index contributed by atoms with van der Waals surface area (Å²) in [5.74, 6) is 1.06. The maximum Gasteiger partial charge on any atom is 0.251 e. The molecule has 0 spiro atoms. The van der Waals surface area contributed by atoms with Crippen molar-refractivity contribution in [2.45, 2.75) is 6.54 Å². The van der Waals surface area contributed by atoms with Crippen molar-refractivity contribution in [1.82, 2.24) is 20.3 Å². The highest BCUT2D eigenvalue weighted by atomic mass is 35.5. The molecule has 3 heterocycles. The predicted molar refractivity (Wildman–Crippen MR) is 115 cm³/mol. The second-order valence-electron chi connectivity index (χ2n) is 6.69. The van der Waals surface area contributed by atoms with E-state index in [4.69, 9.17) is 16.3 Å². The Morgan fingerprint density at radius 3 is 2.53 bits per heavy atom. The van der Waals surface area contributed by atoms with Gasteiger partial charge in [0.05, 0.1) is 25.5 Å². The van der Waals surface area contributed by atoms with Crippen molar-refractivity contribution in [3.63, 3.8) is 0 Å². The minimum absolute atomic E-state index is 0.184. The molecule has 2 aromatic heterocycles. The Morgan fingerprint density at radius 2 is 1.80 bits per heavy atom. The molecule has 9 heteroatoms. The van der Waals surface area contributed by atoms with Gasteiger partial charge in [-0.25, -0.2) is 4.98 Å². The highest BCUT2D eigenvalue weighted by Gasteiger charge is 2.16. The summed E-state index contributed by atoms with van der Waals surface area (Å²) < 4.78 is 5.43. The number of hydrogen-bond donors (Lipinski definition) is 2. The third kappa shape index (κ3) is 5.22. The molecule has 154 valence electrons. The number of benzene rings is 1. The average Bonchev–Trinajstić information content (AvgIpc) is 2.80. The van der Waals surface area contributed by atoms with E-state index < -0.39 is 0 Å². The number of nitrogens with zero attached hydrogens (tertiary/aromatic N) is 4. The standard InChI is InChI=1S/C21H21ClN6O2/c22-16-1-3-17(4-2-16)25-19-13-18(14-24-20(29)15-5-7-23-8-6-15)26-21(27-19)28-9-11-30-12-10-28/h1-8,13H,9-12,14H2,(H,24,29)(H,25,26,27). The van der Waals surface area contributed by atoms with Crippen molar-refractivity contribution < 1.29 is 9.53 Å². The molecule has 0 atom stereocenters. The molecule has 1 amide bonds. The van der Waals surface area contributed by atoms with Gasteiger partial charge in [0.2, 0.25) is 5.95 Å². The minimum atomic E-state index is -0.184. The molecule has 0 unspecified atom stereocenters. The molecule has 0 bridgehead atoms. The number of morpholine rings is 1. The van der Waals surface area contributed by atoms with Gasteiger partial charge in [-0.05, 0) is 36.4 Å². The monoisotopic (exact) mass is 424 g/mol. The van der Waals surface area contributed by atoms with Crippen molar-refractivity contribution in [2.24, 2.45) is 0 Å². The number of pyridine rings is 1. The third-order valence-corrected chi connectivity index (χ3v) is 4.80. The number of halogens is 1. The van der Waals surface area contributed by atoms with Crippen LogP contribution in [0, 0.1) is 0 Å². The molecule has 1 aliphatic heterocycles. The Kier molecular flexibility index (Phi) is 6.36. The van der Waals surface area contributed by atoms with Gasteiger partial charge in [-0.15, -0.1) is 0 Å². The zero-order valence-corrected chi connectivity index (χ0v) is 17.0. The van der Waals surface area contributed by atoms with E-state index in [9.17, 15) is 4.79 Å². The van der Waals surface area contributed by atoms with Gasteiger partial charge in [-0.1, -0.05) is 11.6 Å². The fraction of sp³-hybridized carbons (Fsp3) is 0.238. The molecule has 1 aliphatic rings. The zero-order chi connectivity index (χ0) is 20.8. The van der Waals surface area contributed by atoms with E-state index in [2.05, 4.69) is 30.5 Å². The molecule has 0 aliphatic carbocycles. The lowest BCUT2D eigenvalue weighted by Crippen LogP contribution is -2.37. The predicted octanol–water partition coefficient (Wildman–Crippen LogP) is 3.04. The molecule has 30 heavy (non-hydrogen) atoms. The molecular weight excluding hydrogens is 404 g/mol. The first-order valence-corrected chi connectivity index (χ1v) is 9.97. The van der Waals surface area contributed by atoms with Crippen molar-refractivity contribution >= 4 is 35.0 Å². The van der Waals surface area contributed by atoms with E-state index in [1.807, 2.05) is 30.3 Å². The molecule has 1 saturated heterocycles. The Bertz CT molecular complexity index is 994. The van der Waals surface area contributed by atoms with Crippen LogP contribution in [0.3, 0.4) is 0 Å². The van der Waals surface area contributed by atoms with Crippen LogP contribution in [0.15, 0.2) is 54.9 Å². The zero-order valence-electron chi connectivity index (χ0n) is 16.2. The fourth-order valence-corrected chi connectivity index (χ4v) is 3.13. The number of aromatic nitrogens is 3. The number of carbonyl (C=O) groups excluding carboxylic acids is 1. The van der Waals surface area contributed by atoms with Crippen LogP contribution in [0.1, 0.15) is 16.1 Å². The molecule has 1 aromatic carbocycles. The number of amides is 1. The smallest absolute Gasteiger partial charge is 0.251 e. The Hall–Kier alpha value is -3.23. The van der Waals surface area contributed by atoms with Gasteiger partial charge < -0.3 is 20.3 Å². The maximum atomic E-state index is 12.4. The molecule has 8 nitrogen and oxygen atoms in total. The van der Waals surface area contributed by atoms with E-state index in [0.717, 1.165) is 5.69 Å². The van der Waals surface area contributed by atoms with Gasteiger partial charge in [-0.2, -0.15) is 4.98 Å². The van der Waals surface area contributed by atoms with Crippen molar-refractivity contribution in [1.29, 1.82) is 0 Å². The summed E-state index contributed by atoms with van der Waals surface area (Å²) in [6.45, 7) is 2.97. The molecule has 4 rings (SSSR count). The normalized spacial score (nSPS) is 13.7. The lowest BCUT2D eigenvalue weighted by molar-refractivity contribution is 0.0950. The largest absolute Gasteiger partial charge is 0.378 e. The maximum absolute atomic E-state index is 12.4. The minimum Gasteiger partial charge on any atom is -0.378 e. The van der Waals surface area contributed by atoms with Crippen molar-refractivity contribution in [3.05, 3.63) is 71.1 Å². The number of rotatable bonds is 6. The molecule has 1 fully saturated rings. The van der Waals surface area contributed by atoms with E-state index in [0.29, 0.717) is 54.3 Å². The summed E-state index contributed by atoms with van der Waals surface area (Å²) in [5.41, 5.74) is 2.11. The van der Waals surface area contributed by atoms with Crippen LogP contribution in [-0.2, 0) is 11.3 Å². The van der Waals surface area contributed by atoms with Gasteiger partial charge in [-0.3, -0.25) is 9.78 Å². The Morgan fingerprint density at radius 1 is 1.07 bits per heavy atom. The topological polar surface area (TPSA) is 92.3 Å². The first-order valence-electron chi connectivity index (χ1n) is 9.59. The van der Waals surface area contributed by atoms with Crippen LogP contribution in [0.25, 0.3) is 0 Å². The summed E-state index contributed by atoms with van der Waals surface area (Å²) >= 11 is 5.97. The van der Waals surface area contributed by atoms with Crippen LogP contribution in [0.5, 0.6) is 0 Å². The lowest BCUT2D eigenvalue weighted by atomic mass is 10.2. The number of nitrogens with one attached hydrogen (secondary N) is 2. The van der Waals surface area contributed by atoms with Gasteiger partial charge in [0, 0.05) is 47.8 Å². The summed E-state index contributed by atoms with van der Waals surface area (Å²) in [4.78, 5) is 27.7. The van der Waals surface area contributed by atoms with E-state index in [1.165, 1.54) is 0 Å². The summed E-state index contributed by atoms with van der Waals surface area (Å²) in [6.07, 6.45) is 3.18. The van der Waals surface area contributed by atoms with Gasteiger partial charge in [0.1, 0.15) is 5.82 Å². The van der Waals surface area contributed by atoms with Crippen molar-refractivity contribution in [2.75, 3.05) is 36.5 Å². The first kappa shape index (κ1) is 20.1. The molecule has 0 saturated carbocycles. The Balaban J connectivity index is 1.54. The Labute approximate surface area is 179 Å². The second kappa shape index (κ2) is 9.51. The van der Waals surface area contributed by atoms with Gasteiger partial charge >= 0.3 is 0 Å². The van der Waals surface area contributed by atoms with E-state index in [1.54, 1.807) is 24.5 Å². The molecular formula is C21H21ClN6O2. The van der Waals surface area contributed by atoms with Crippen LogP contribution >= 0.6 is 11.6 Å². The number of hydrogen-bond acceptors (Lipinski definition) is 7. The highest BCUT2D eigenvalue weighted by Crippen LogP contribution is 2.21. The molecule has 2 N–H and O–H groups in total. The highest BCUT2D eigenvalue weighted by molar-refractivity contribution is 6.30. The summed E-state index contributed by atoms with van der Waals surface area (Å²) in [5, 5.41) is 6.84. The SMILES string of the molecule is O=C(NCc1cc(Nc2ccc(Cl)cc2)nc(N2CCOCC2)n1)c1ccncc1. The number of carbonyl (C=O) groups is 1. The second-order valence-corrected chi connectivity index (χ2v) is 7.13. The summed E-state index contributed by atoms with van der Waals surface area (Å²) in [7, 11) is 0. The van der Waals surface area contributed by atoms with Crippen LogP contribution in [-0.4, -0.2) is 47.2 Å². The van der Waals surface area contributed by atoms with Crippen molar-refractivity contribution in [3.8, 4) is 0 Å². The van der Waals surface area contributed by atoms with Gasteiger partial charge in [0.25, 0.3) is 5.91 Å². The first-order chi connectivity index (χ1) is 14.7. The van der Waals surface area contributed by atoms with E-state index in [-0.39, 0.29) is 12.5 Å². The van der Waals surface area contributed by atoms with Crippen LogP contribution in [0.4, 0.5) is 17.5 Å². The van der Waals surface area contributed by atoms with Gasteiger partial charge in [0.15, 0.2) is 0 Å². The molecule has 0 radical (unpaired) electrons. The number of anilines is 3. The van der Waals surface area contributed by atoms with Crippen LogP contribution < -0.4 is 15.5 Å². The third-order valence-electron chi connectivity index (χ3n) is 4.55. The fourth-order valence-electron chi connectivity index (χ4n) is 3.00. The van der Waals surface area contributed by atoms with Crippen LogP contribution in [0.2, 0.25) is 5.02 Å². The number of ether oxygens (including phenoxy) is 1. The summed E-state index contributed by atoms with van der Waals surface area (Å²) in [6, 6.07) is 12.5.